The lowest BCUT2D eigenvalue weighted by molar-refractivity contribution is 0.414. The first kappa shape index (κ1) is 18.7. The molecule has 0 atom stereocenters. The lowest BCUT2D eigenvalue weighted by Crippen LogP contribution is -2.14. The molecule has 27 heavy (non-hydrogen) atoms. The highest BCUT2D eigenvalue weighted by atomic mass is 35.5. The number of aromatic nitrogens is 4. The van der Waals surface area contributed by atoms with E-state index in [1.807, 2.05) is 43.3 Å². The third kappa shape index (κ3) is 3.46. The van der Waals surface area contributed by atoms with E-state index in [1.165, 1.54) is 6.33 Å². The van der Waals surface area contributed by atoms with Crippen molar-refractivity contribution in [1.82, 2.24) is 19.5 Å². The Labute approximate surface area is 161 Å². The Hall–Kier alpha value is -3.06. The molecule has 8 heteroatoms. The number of benzene rings is 2. The van der Waals surface area contributed by atoms with E-state index in [2.05, 4.69) is 20.3 Å². The minimum atomic E-state index is -0.112. The summed E-state index contributed by atoms with van der Waals surface area (Å²) < 4.78 is 6.88. The average molecular weight is 386 g/mol. The topological polar surface area (TPSA) is 84.8 Å². The molecular formula is C19H20ClN5O2. The molecule has 0 radical (unpaired) electrons. The minimum absolute atomic E-state index is 0. The van der Waals surface area contributed by atoms with Crippen molar-refractivity contribution in [3.63, 3.8) is 0 Å². The Kier molecular flexibility index (Phi) is 5.32. The van der Waals surface area contributed by atoms with Gasteiger partial charge in [0.15, 0.2) is 0 Å². The Morgan fingerprint density at radius 2 is 1.96 bits per heavy atom. The molecule has 0 amide bonds. The summed E-state index contributed by atoms with van der Waals surface area (Å²) in [5.74, 6) is 1.56. The number of imidazole rings is 1. The number of rotatable bonds is 5. The van der Waals surface area contributed by atoms with Crippen molar-refractivity contribution in [3.8, 4) is 5.75 Å². The number of anilines is 1. The zero-order valence-electron chi connectivity index (χ0n) is 15.0. The van der Waals surface area contributed by atoms with Crippen LogP contribution < -0.4 is 15.7 Å². The first-order valence-electron chi connectivity index (χ1n) is 8.43. The summed E-state index contributed by atoms with van der Waals surface area (Å²) in [7, 11) is 1.65. The maximum absolute atomic E-state index is 12.0. The van der Waals surface area contributed by atoms with Crippen molar-refractivity contribution in [2.24, 2.45) is 0 Å². The Bertz CT molecular complexity index is 1130. The van der Waals surface area contributed by atoms with Gasteiger partial charge in [-0.25, -0.2) is 14.8 Å². The highest BCUT2D eigenvalue weighted by Gasteiger charge is 2.10. The number of ether oxygens (including phenoxy) is 1. The fraction of sp³-hybridized carbons (Fsp3) is 0.211. The van der Waals surface area contributed by atoms with E-state index >= 15 is 0 Å². The van der Waals surface area contributed by atoms with Gasteiger partial charge in [0.1, 0.15) is 17.9 Å². The van der Waals surface area contributed by atoms with Gasteiger partial charge in [-0.3, -0.25) is 4.57 Å². The predicted octanol–water partition coefficient (Wildman–Crippen LogP) is 3.34. The standard InChI is InChI=1S/C19H19N5O2.ClH/c1-3-24-17-9-15-14(8-16(17)23-19(24)25)18(22-11-21-15)20-10-12-4-6-13(26-2)7-5-12;/h4-9,11H,3,10H2,1-2H3,(H,23,25)(H,20,21,22);1H. The SMILES string of the molecule is CCn1c(=O)[nH]c2cc3c(NCc4ccc(OC)cc4)ncnc3cc21.Cl. The number of nitrogens with one attached hydrogen (secondary N) is 2. The minimum Gasteiger partial charge on any atom is -0.497 e. The summed E-state index contributed by atoms with van der Waals surface area (Å²) in [6.45, 7) is 3.18. The molecule has 0 bridgehead atoms. The fourth-order valence-corrected chi connectivity index (χ4v) is 3.09. The molecule has 4 rings (SSSR count). The van der Waals surface area contributed by atoms with Crippen molar-refractivity contribution in [1.29, 1.82) is 0 Å². The number of aromatic amines is 1. The van der Waals surface area contributed by atoms with Gasteiger partial charge in [0.2, 0.25) is 0 Å². The molecule has 4 aromatic rings. The van der Waals surface area contributed by atoms with Gasteiger partial charge >= 0.3 is 5.69 Å². The number of hydrogen-bond acceptors (Lipinski definition) is 5. The molecule has 2 heterocycles. The molecule has 0 saturated heterocycles. The fourth-order valence-electron chi connectivity index (χ4n) is 3.09. The van der Waals surface area contributed by atoms with Crippen molar-refractivity contribution in [2.75, 3.05) is 12.4 Å². The summed E-state index contributed by atoms with van der Waals surface area (Å²) in [6, 6.07) is 11.7. The third-order valence-electron chi connectivity index (χ3n) is 4.47. The number of methoxy groups -OCH3 is 1. The number of aryl methyl sites for hydroxylation is 1. The van der Waals surface area contributed by atoms with E-state index in [0.717, 1.165) is 39.1 Å². The first-order chi connectivity index (χ1) is 12.7. The second-order valence-electron chi connectivity index (χ2n) is 5.98. The van der Waals surface area contributed by atoms with Crippen molar-refractivity contribution in [2.45, 2.75) is 20.0 Å². The molecule has 2 N–H and O–H groups in total. The molecule has 0 saturated carbocycles. The molecule has 0 unspecified atom stereocenters. The highest BCUT2D eigenvalue weighted by molar-refractivity contribution is 5.98. The highest BCUT2D eigenvalue weighted by Crippen LogP contribution is 2.24. The molecular weight excluding hydrogens is 366 g/mol. The van der Waals surface area contributed by atoms with Gasteiger partial charge in [-0.05, 0) is 36.8 Å². The van der Waals surface area contributed by atoms with Gasteiger partial charge in [0.05, 0.1) is 23.7 Å². The Balaban J connectivity index is 0.00000210. The van der Waals surface area contributed by atoms with Gasteiger partial charge in [-0.15, -0.1) is 12.4 Å². The van der Waals surface area contributed by atoms with E-state index < -0.39 is 0 Å². The van der Waals surface area contributed by atoms with Crippen molar-refractivity contribution in [3.05, 3.63) is 58.8 Å². The maximum Gasteiger partial charge on any atom is 0.326 e. The van der Waals surface area contributed by atoms with Crippen LogP contribution in [0, 0.1) is 0 Å². The lowest BCUT2D eigenvalue weighted by atomic mass is 10.2. The molecule has 7 nitrogen and oxygen atoms in total. The first-order valence-corrected chi connectivity index (χ1v) is 8.43. The second kappa shape index (κ2) is 7.67. The average Bonchev–Trinajstić information content (AvgIpc) is 2.98. The summed E-state index contributed by atoms with van der Waals surface area (Å²) in [6.07, 6.45) is 1.53. The van der Waals surface area contributed by atoms with Gasteiger partial charge in [0, 0.05) is 18.5 Å². The Morgan fingerprint density at radius 1 is 1.19 bits per heavy atom. The zero-order chi connectivity index (χ0) is 18.1. The van der Waals surface area contributed by atoms with Gasteiger partial charge in [-0.1, -0.05) is 12.1 Å². The molecule has 140 valence electrons. The molecule has 0 aliphatic heterocycles. The lowest BCUT2D eigenvalue weighted by Gasteiger charge is -2.09. The van der Waals surface area contributed by atoms with E-state index in [9.17, 15) is 4.79 Å². The number of fused-ring (bicyclic) bond motifs is 2. The molecule has 2 aromatic carbocycles. The smallest absolute Gasteiger partial charge is 0.326 e. The van der Waals surface area contributed by atoms with Crippen molar-refractivity contribution >= 4 is 40.2 Å². The molecule has 0 spiro atoms. The van der Waals surface area contributed by atoms with Crippen LogP contribution in [0.25, 0.3) is 21.9 Å². The van der Waals surface area contributed by atoms with Crippen LogP contribution in [-0.4, -0.2) is 26.6 Å². The normalized spacial score (nSPS) is 10.7. The quantitative estimate of drug-likeness (QED) is 0.550. The largest absolute Gasteiger partial charge is 0.497 e. The van der Waals surface area contributed by atoms with Crippen LogP contribution in [0.1, 0.15) is 12.5 Å². The maximum atomic E-state index is 12.0. The van der Waals surface area contributed by atoms with E-state index in [4.69, 9.17) is 4.74 Å². The van der Waals surface area contributed by atoms with Crippen LogP contribution in [0.5, 0.6) is 5.75 Å². The zero-order valence-corrected chi connectivity index (χ0v) is 15.8. The van der Waals surface area contributed by atoms with Crippen LogP contribution in [-0.2, 0) is 13.1 Å². The number of halogens is 1. The van der Waals surface area contributed by atoms with E-state index in [0.29, 0.717) is 13.1 Å². The van der Waals surface area contributed by atoms with Crippen LogP contribution in [0.2, 0.25) is 0 Å². The number of hydrogen-bond donors (Lipinski definition) is 2. The van der Waals surface area contributed by atoms with Gasteiger partial charge < -0.3 is 15.0 Å². The molecule has 0 aliphatic carbocycles. The van der Waals surface area contributed by atoms with Crippen LogP contribution >= 0.6 is 12.4 Å². The van der Waals surface area contributed by atoms with Crippen LogP contribution in [0.15, 0.2) is 47.5 Å². The number of nitrogens with zero attached hydrogens (tertiary/aromatic N) is 3. The molecule has 0 aliphatic rings. The van der Waals surface area contributed by atoms with Gasteiger partial charge in [0.25, 0.3) is 0 Å². The second-order valence-corrected chi connectivity index (χ2v) is 5.98. The predicted molar refractivity (Wildman–Crippen MR) is 109 cm³/mol. The Morgan fingerprint density at radius 3 is 2.67 bits per heavy atom. The van der Waals surface area contributed by atoms with Crippen LogP contribution in [0.4, 0.5) is 5.82 Å². The monoisotopic (exact) mass is 385 g/mol. The van der Waals surface area contributed by atoms with E-state index in [-0.39, 0.29) is 18.1 Å². The van der Waals surface area contributed by atoms with E-state index in [1.54, 1.807) is 11.7 Å². The molecule has 2 aromatic heterocycles. The summed E-state index contributed by atoms with van der Waals surface area (Å²) in [5.41, 5.74) is 3.44. The molecule has 0 fully saturated rings. The third-order valence-corrected chi connectivity index (χ3v) is 4.47. The summed E-state index contributed by atoms with van der Waals surface area (Å²) >= 11 is 0. The van der Waals surface area contributed by atoms with Crippen molar-refractivity contribution < 1.29 is 4.74 Å². The summed E-state index contributed by atoms with van der Waals surface area (Å²) in [5, 5.41) is 4.22. The van der Waals surface area contributed by atoms with Gasteiger partial charge in [-0.2, -0.15) is 0 Å². The van der Waals surface area contributed by atoms with Crippen LogP contribution in [0.3, 0.4) is 0 Å². The summed E-state index contributed by atoms with van der Waals surface area (Å²) in [4.78, 5) is 23.7. The number of H-pyrrole nitrogens is 1.